The molecule has 0 radical (unpaired) electrons. The van der Waals surface area contributed by atoms with Crippen LogP contribution in [-0.4, -0.2) is 59.7 Å². The Kier molecular flexibility index (Phi) is 6.48. The Morgan fingerprint density at radius 1 is 1.21 bits per heavy atom. The molecule has 0 amide bonds. The molecular weight excluding hydrogens is 521 g/mol. The van der Waals surface area contributed by atoms with Crippen molar-refractivity contribution >= 4 is 39.5 Å². The van der Waals surface area contributed by atoms with Gasteiger partial charge >= 0.3 is 0 Å². The van der Waals surface area contributed by atoms with E-state index in [-0.39, 0.29) is 12.3 Å². The fraction of sp³-hybridized carbons (Fsp3) is 0.250. The molecule has 0 unspecified atom stereocenters. The third kappa shape index (κ3) is 5.07. The van der Waals surface area contributed by atoms with Crippen molar-refractivity contribution in [3.8, 4) is 22.8 Å². The van der Waals surface area contributed by atoms with Gasteiger partial charge in [-0.05, 0) is 50.6 Å². The van der Waals surface area contributed by atoms with E-state index in [1.54, 1.807) is 41.6 Å². The Bertz CT molecular complexity index is 1730. The number of hydrogen-bond donors (Lipinski definition) is 1. The number of imidazole rings is 1. The van der Waals surface area contributed by atoms with E-state index in [0.29, 0.717) is 51.8 Å². The molecular formula is C28H25ClFN7O2. The second kappa shape index (κ2) is 10.1. The van der Waals surface area contributed by atoms with E-state index in [0.717, 1.165) is 16.9 Å². The Hall–Kier alpha value is -4.31. The smallest absolute Gasteiger partial charge is 0.154 e. The number of allylic oxidation sites excluding steroid dienone is 1. The fourth-order valence-electron chi connectivity index (χ4n) is 4.76. The number of likely N-dealkylation sites (tertiary alicyclic amines) is 1. The molecule has 0 aliphatic carbocycles. The van der Waals surface area contributed by atoms with E-state index >= 15 is 4.39 Å². The molecule has 1 aliphatic rings. The summed E-state index contributed by atoms with van der Waals surface area (Å²) < 4.78 is 22.7. The zero-order valence-corrected chi connectivity index (χ0v) is 22.1. The van der Waals surface area contributed by atoms with E-state index in [2.05, 4.69) is 20.1 Å². The maximum Gasteiger partial charge on any atom is 0.154 e. The number of nitrogens with one attached hydrogen (secondary N) is 1. The van der Waals surface area contributed by atoms with Gasteiger partial charge in [0.25, 0.3) is 0 Å². The minimum Gasteiger partial charge on any atom is -0.456 e. The second-order valence-electron chi connectivity index (χ2n) is 9.61. The molecule has 2 atom stereocenters. The standard InChI is InChI=1S/C28H25ClFN7O2/c1-16(38)7-9-36-10-8-25(20(30)15-36)37-14-18(12-32-37)24-13-31-22-5-6-26(27(29)28(22)35-24)39-19-3-4-21-23(11-19)34-17(2)33-21/h3-7,9,11-14,20,25H,8,10,15H2,1-2H3,(H,33,34)/t20-,25-/m0/s1. The first-order valence-electron chi connectivity index (χ1n) is 12.5. The molecule has 4 heterocycles. The number of carbonyl (C=O) groups is 1. The van der Waals surface area contributed by atoms with Gasteiger partial charge in [-0.2, -0.15) is 5.10 Å². The molecule has 0 spiro atoms. The van der Waals surface area contributed by atoms with Gasteiger partial charge in [0.05, 0.1) is 47.2 Å². The number of carbonyl (C=O) groups excluding carboxylic acids is 1. The Balaban J connectivity index is 1.23. The van der Waals surface area contributed by atoms with Crippen LogP contribution in [0.2, 0.25) is 5.02 Å². The normalized spacial score (nSPS) is 17.9. The van der Waals surface area contributed by atoms with Crippen LogP contribution in [0.25, 0.3) is 33.3 Å². The summed E-state index contributed by atoms with van der Waals surface area (Å²) in [6, 6.07) is 8.74. The van der Waals surface area contributed by atoms with Crippen molar-refractivity contribution < 1.29 is 13.9 Å². The summed E-state index contributed by atoms with van der Waals surface area (Å²) in [6.07, 6.45) is 7.62. The summed E-state index contributed by atoms with van der Waals surface area (Å²) in [5.74, 6) is 1.82. The molecule has 1 fully saturated rings. The van der Waals surface area contributed by atoms with Gasteiger partial charge in [0.15, 0.2) is 5.78 Å². The lowest BCUT2D eigenvalue weighted by Gasteiger charge is -2.34. The predicted octanol–water partition coefficient (Wildman–Crippen LogP) is 5.81. The molecule has 0 saturated carbocycles. The molecule has 11 heteroatoms. The first-order valence-corrected chi connectivity index (χ1v) is 12.9. The van der Waals surface area contributed by atoms with Crippen LogP contribution >= 0.6 is 11.6 Å². The molecule has 1 N–H and O–H groups in total. The third-order valence-corrected chi connectivity index (χ3v) is 7.08. The number of halogens is 2. The SMILES string of the molecule is CC(=O)C=CN1CC[C@H](n2cc(-c3cnc4ccc(Oc5ccc6nc(C)[nH]c6c5)c(Cl)c4n3)cn2)[C@@H](F)C1. The fourth-order valence-corrected chi connectivity index (χ4v) is 5.00. The number of aromatic amines is 1. The van der Waals surface area contributed by atoms with Gasteiger partial charge in [-0.15, -0.1) is 0 Å². The molecule has 1 aliphatic heterocycles. The quantitative estimate of drug-likeness (QED) is 0.269. The minimum absolute atomic E-state index is 0.0646. The van der Waals surface area contributed by atoms with Crippen LogP contribution in [0.15, 0.2) is 61.2 Å². The third-order valence-electron chi connectivity index (χ3n) is 6.71. The number of fused-ring (bicyclic) bond motifs is 2. The summed E-state index contributed by atoms with van der Waals surface area (Å²) in [5, 5.41) is 4.76. The lowest BCUT2D eigenvalue weighted by Crippen LogP contribution is -2.40. The predicted molar refractivity (Wildman–Crippen MR) is 147 cm³/mol. The highest BCUT2D eigenvalue weighted by Crippen LogP contribution is 2.36. The molecule has 2 aromatic carbocycles. The number of hydrogen-bond acceptors (Lipinski definition) is 7. The molecule has 9 nitrogen and oxygen atoms in total. The Labute approximate surface area is 228 Å². The maximum absolute atomic E-state index is 15.0. The van der Waals surface area contributed by atoms with Gasteiger partial charge in [0, 0.05) is 30.6 Å². The van der Waals surface area contributed by atoms with Gasteiger partial charge in [-0.1, -0.05) is 11.6 Å². The molecule has 198 valence electrons. The second-order valence-corrected chi connectivity index (χ2v) is 9.98. The van der Waals surface area contributed by atoms with Crippen LogP contribution in [0.5, 0.6) is 11.5 Å². The van der Waals surface area contributed by atoms with Crippen LogP contribution in [0.4, 0.5) is 4.39 Å². The number of nitrogens with zero attached hydrogens (tertiary/aromatic N) is 6. The summed E-state index contributed by atoms with van der Waals surface area (Å²) >= 11 is 6.73. The maximum atomic E-state index is 15.0. The van der Waals surface area contributed by atoms with Crippen LogP contribution in [0, 0.1) is 6.92 Å². The van der Waals surface area contributed by atoms with Gasteiger partial charge in [-0.25, -0.2) is 14.4 Å². The zero-order chi connectivity index (χ0) is 27.1. The summed E-state index contributed by atoms with van der Waals surface area (Å²) in [5.41, 5.74) is 4.12. The van der Waals surface area contributed by atoms with Crippen LogP contribution in [0.1, 0.15) is 25.2 Å². The van der Waals surface area contributed by atoms with Crippen molar-refractivity contribution in [3.05, 3.63) is 72.0 Å². The average Bonchev–Trinajstić information content (AvgIpc) is 3.55. The lowest BCUT2D eigenvalue weighted by molar-refractivity contribution is -0.112. The van der Waals surface area contributed by atoms with Crippen molar-refractivity contribution in [3.63, 3.8) is 0 Å². The summed E-state index contributed by atoms with van der Waals surface area (Å²) in [6.45, 7) is 4.20. The van der Waals surface area contributed by atoms with E-state index < -0.39 is 12.2 Å². The van der Waals surface area contributed by atoms with Crippen LogP contribution in [-0.2, 0) is 4.79 Å². The van der Waals surface area contributed by atoms with Gasteiger partial charge in [-0.3, -0.25) is 14.5 Å². The van der Waals surface area contributed by atoms with Gasteiger partial charge in [0.1, 0.15) is 34.0 Å². The number of aromatic nitrogens is 6. The zero-order valence-electron chi connectivity index (χ0n) is 21.3. The largest absolute Gasteiger partial charge is 0.456 e. The number of alkyl halides is 1. The Morgan fingerprint density at radius 3 is 2.87 bits per heavy atom. The molecule has 1 saturated heterocycles. The average molecular weight is 546 g/mol. The molecule has 6 rings (SSSR count). The molecule has 5 aromatic rings. The highest BCUT2D eigenvalue weighted by molar-refractivity contribution is 6.36. The lowest BCUT2D eigenvalue weighted by atomic mass is 10.0. The number of aryl methyl sites for hydroxylation is 1. The molecule has 3 aromatic heterocycles. The highest BCUT2D eigenvalue weighted by Gasteiger charge is 2.30. The highest BCUT2D eigenvalue weighted by atomic mass is 35.5. The monoisotopic (exact) mass is 545 g/mol. The van der Waals surface area contributed by atoms with E-state index in [1.807, 2.05) is 30.0 Å². The van der Waals surface area contributed by atoms with E-state index in [1.165, 1.54) is 13.0 Å². The van der Waals surface area contributed by atoms with Crippen molar-refractivity contribution in [1.29, 1.82) is 0 Å². The van der Waals surface area contributed by atoms with Crippen molar-refractivity contribution in [2.75, 3.05) is 13.1 Å². The van der Waals surface area contributed by atoms with E-state index in [9.17, 15) is 4.79 Å². The van der Waals surface area contributed by atoms with Gasteiger partial charge in [0.2, 0.25) is 0 Å². The van der Waals surface area contributed by atoms with Crippen LogP contribution in [0.3, 0.4) is 0 Å². The summed E-state index contributed by atoms with van der Waals surface area (Å²) in [4.78, 5) is 29.9. The van der Waals surface area contributed by atoms with Crippen molar-refractivity contribution in [2.45, 2.75) is 32.5 Å². The first-order chi connectivity index (χ1) is 18.8. The number of rotatable bonds is 6. The van der Waals surface area contributed by atoms with Crippen molar-refractivity contribution in [1.82, 2.24) is 34.6 Å². The van der Waals surface area contributed by atoms with Gasteiger partial charge < -0.3 is 14.6 Å². The minimum atomic E-state index is -1.13. The number of ketones is 1. The molecule has 39 heavy (non-hydrogen) atoms. The summed E-state index contributed by atoms with van der Waals surface area (Å²) in [7, 11) is 0. The number of ether oxygens (including phenoxy) is 1. The first kappa shape index (κ1) is 25.0. The van der Waals surface area contributed by atoms with E-state index in [4.69, 9.17) is 21.3 Å². The van der Waals surface area contributed by atoms with Crippen LogP contribution < -0.4 is 4.74 Å². The van der Waals surface area contributed by atoms with Crippen molar-refractivity contribution in [2.24, 2.45) is 0 Å². The molecule has 0 bridgehead atoms. The topological polar surface area (TPSA) is 102 Å². The number of benzene rings is 2. The number of H-pyrrole nitrogens is 1. The Morgan fingerprint density at radius 2 is 2.05 bits per heavy atom. The number of piperidine rings is 1.